The summed E-state index contributed by atoms with van der Waals surface area (Å²) in [7, 11) is 0. The average Bonchev–Trinajstić information content (AvgIpc) is 3.19. The Kier molecular flexibility index (Phi) is 7.96. The Balaban J connectivity index is 1.94. The number of carbonyl (C=O) groups is 2. The van der Waals surface area contributed by atoms with E-state index in [1.54, 1.807) is 6.92 Å². The molecule has 3 aromatic rings. The Labute approximate surface area is 234 Å². The number of hydrogen-bond acceptors (Lipinski definition) is 3. The first kappa shape index (κ1) is 28.1. The second-order valence-electron chi connectivity index (χ2n) is 9.48. The molecule has 1 saturated heterocycles. The van der Waals surface area contributed by atoms with Gasteiger partial charge in [0.1, 0.15) is 17.0 Å². The monoisotopic (exact) mass is 569 g/mol. The van der Waals surface area contributed by atoms with Crippen LogP contribution < -0.4 is 5.32 Å². The van der Waals surface area contributed by atoms with Crippen LogP contribution in [0.1, 0.15) is 40.9 Å². The molecule has 1 heterocycles. The molecule has 0 aromatic heterocycles. The molecule has 3 atom stereocenters. The molecule has 6 nitrogen and oxygen atoms in total. The Morgan fingerprint density at radius 2 is 1.90 bits per heavy atom. The maximum Gasteiger partial charge on any atom is 0.335 e. The van der Waals surface area contributed by atoms with Crippen LogP contribution in [0, 0.1) is 28.9 Å². The lowest BCUT2D eigenvalue weighted by molar-refractivity contribution is 0.0697. The van der Waals surface area contributed by atoms with E-state index in [4.69, 9.17) is 23.2 Å². The molecule has 1 aliphatic rings. The molecule has 4 rings (SSSR count). The lowest BCUT2D eigenvalue weighted by Crippen LogP contribution is -2.41. The third-order valence-corrected chi connectivity index (χ3v) is 7.39. The summed E-state index contributed by atoms with van der Waals surface area (Å²) in [5.74, 6) is -3.51. The van der Waals surface area contributed by atoms with Gasteiger partial charge in [0.2, 0.25) is 0 Å². The standard InChI is InChI=1S/C29H23Cl2F2N3O3/c1-16(2)11-18-14-36(28(39)35-20-6-3-5-17(12-20)27(37)38)26(21-7-4-8-23(31)25(21)33)29(18,15-34)22-10-9-19(30)13-24(22)32/h3-10,12-13,18,26H,1,11,14H2,2H3,(H,35,39)(H,37,38)/t18-,26-,29-/m1/s1. The largest absolute Gasteiger partial charge is 0.478 e. The zero-order valence-corrected chi connectivity index (χ0v) is 22.2. The van der Waals surface area contributed by atoms with Gasteiger partial charge in [0.15, 0.2) is 0 Å². The van der Waals surface area contributed by atoms with Crippen molar-refractivity contribution in [3.63, 3.8) is 0 Å². The maximum atomic E-state index is 15.6. The van der Waals surface area contributed by atoms with Gasteiger partial charge in [0.05, 0.1) is 22.7 Å². The number of anilines is 1. The van der Waals surface area contributed by atoms with Gasteiger partial charge in [0, 0.05) is 34.3 Å². The van der Waals surface area contributed by atoms with E-state index in [2.05, 4.69) is 18.0 Å². The molecule has 10 heteroatoms. The molecule has 200 valence electrons. The molecule has 3 aromatic carbocycles. The highest BCUT2D eigenvalue weighted by Crippen LogP contribution is 2.55. The van der Waals surface area contributed by atoms with Gasteiger partial charge < -0.3 is 15.3 Å². The molecule has 0 bridgehead atoms. The van der Waals surface area contributed by atoms with Crippen LogP contribution in [0.5, 0.6) is 0 Å². The van der Waals surface area contributed by atoms with Gasteiger partial charge in [-0.2, -0.15) is 5.26 Å². The second-order valence-corrected chi connectivity index (χ2v) is 10.3. The van der Waals surface area contributed by atoms with Crippen molar-refractivity contribution in [3.8, 4) is 6.07 Å². The molecule has 0 aliphatic carbocycles. The first-order valence-electron chi connectivity index (χ1n) is 11.9. The molecule has 2 amide bonds. The summed E-state index contributed by atoms with van der Waals surface area (Å²) < 4.78 is 31.2. The molecule has 0 unspecified atom stereocenters. The predicted octanol–water partition coefficient (Wildman–Crippen LogP) is 7.60. The molecular weight excluding hydrogens is 547 g/mol. The number of nitrogens with one attached hydrogen (secondary N) is 1. The van der Waals surface area contributed by atoms with Crippen molar-refractivity contribution in [2.45, 2.75) is 24.8 Å². The molecule has 1 aliphatic heterocycles. The number of urea groups is 1. The number of halogens is 4. The fourth-order valence-electron chi connectivity index (χ4n) is 5.28. The minimum atomic E-state index is -1.76. The number of rotatable bonds is 6. The summed E-state index contributed by atoms with van der Waals surface area (Å²) in [6, 6.07) is 13.9. The van der Waals surface area contributed by atoms with Crippen molar-refractivity contribution in [3.05, 3.63) is 111 Å². The first-order chi connectivity index (χ1) is 18.5. The van der Waals surface area contributed by atoms with E-state index in [1.165, 1.54) is 59.5 Å². The van der Waals surface area contributed by atoms with Crippen LogP contribution in [-0.2, 0) is 5.41 Å². The van der Waals surface area contributed by atoms with Crippen molar-refractivity contribution in [1.29, 1.82) is 5.26 Å². The number of carboxylic acid groups (broad SMARTS) is 1. The van der Waals surface area contributed by atoms with E-state index in [0.29, 0.717) is 5.57 Å². The Hall–Kier alpha value is -3.93. The van der Waals surface area contributed by atoms with Gasteiger partial charge in [-0.3, -0.25) is 0 Å². The Morgan fingerprint density at radius 1 is 1.18 bits per heavy atom. The minimum Gasteiger partial charge on any atom is -0.478 e. The number of hydrogen-bond donors (Lipinski definition) is 2. The normalized spacial score (nSPS) is 20.4. The molecule has 0 spiro atoms. The van der Waals surface area contributed by atoms with Gasteiger partial charge in [-0.1, -0.05) is 53.0 Å². The first-order valence-corrected chi connectivity index (χ1v) is 12.6. The van der Waals surface area contributed by atoms with Gasteiger partial charge in [-0.15, -0.1) is 6.58 Å². The number of benzene rings is 3. The molecular formula is C29H23Cl2F2N3O3. The van der Waals surface area contributed by atoms with E-state index in [1.807, 2.05) is 0 Å². The van der Waals surface area contributed by atoms with E-state index in [0.717, 1.165) is 6.07 Å². The summed E-state index contributed by atoms with van der Waals surface area (Å²) in [6.45, 7) is 5.63. The van der Waals surface area contributed by atoms with Crippen LogP contribution in [-0.4, -0.2) is 28.6 Å². The highest BCUT2D eigenvalue weighted by Gasteiger charge is 2.59. The molecule has 0 radical (unpaired) electrons. The highest BCUT2D eigenvalue weighted by molar-refractivity contribution is 6.31. The number of amides is 2. The molecule has 39 heavy (non-hydrogen) atoms. The Bertz CT molecular complexity index is 1520. The van der Waals surface area contributed by atoms with Gasteiger partial charge >= 0.3 is 12.0 Å². The lowest BCUT2D eigenvalue weighted by atomic mass is 9.65. The number of allylic oxidation sites excluding steroid dienone is 1. The van der Waals surface area contributed by atoms with Crippen LogP contribution in [0.25, 0.3) is 0 Å². The van der Waals surface area contributed by atoms with Crippen LogP contribution in [0.2, 0.25) is 10.0 Å². The smallest absolute Gasteiger partial charge is 0.335 e. The van der Waals surface area contributed by atoms with Crippen LogP contribution >= 0.6 is 23.2 Å². The Morgan fingerprint density at radius 3 is 2.54 bits per heavy atom. The van der Waals surface area contributed by atoms with Crippen molar-refractivity contribution in [2.75, 3.05) is 11.9 Å². The van der Waals surface area contributed by atoms with E-state index in [-0.39, 0.29) is 45.4 Å². The van der Waals surface area contributed by atoms with Gasteiger partial charge in [0.25, 0.3) is 0 Å². The quantitative estimate of drug-likeness (QED) is 0.299. The van der Waals surface area contributed by atoms with E-state index >= 15 is 8.78 Å². The van der Waals surface area contributed by atoms with Crippen LogP contribution in [0.15, 0.2) is 72.8 Å². The van der Waals surface area contributed by atoms with E-state index in [9.17, 15) is 20.0 Å². The van der Waals surface area contributed by atoms with Crippen molar-refractivity contribution < 1.29 is 23.5 Å². The average molecular weight is 570 g/mol. The highest BCUT2D eigenvalue weighted by atomic mass is 35.5. The number of aromatic carboxylic acids is 1. The van der Waals surface area contributed by atoms with E-state index < -0.39 is 41.0 Å². The summed E-state index contributed by atoms with van der Waals surface area (Å²) >= 11 is 12.1. The number of carboxylic acids is 1. The summed E-state index contributed by atoms with van der Waals surface area (Å²) in [6.07, 6.45) is 0.229. The molecule has 2 N–H and O–H groups in total. The number of nitrogens with zero attached hydrogens (tertiary/aromatic N) is 2. The summed E-state index contributed by atoms with van der Waals surface area (Å²) in [5.41, 5.74) is -1.09. The van der Waals surface area contributed by atoms with Crippen molar-refractivity contribution >= 4 is 40.9 Å². The number of likely N-dealkylation sites (tertiary alicyclic amines) is 1. The molecule has 0 saturated carbocycles. The van der Waals surface area contributed by atoms with Crippen molar-refractivity contribution in [2.24, 2.45) is 5.92 Å². The summed E-state index contributed by atoms with van der Waals surface area (Å²) in [4.78, 5) is 26.4. The minimum absolute atomic E-state index is 0.0480. The molecule has 1 fully saturated rings. The fourth-order valence-corrected chi connectivity index (χ4v) is 5.62. The maximum absolute atomic E-state index is 15.6. The predicted molar refractivity (Wildman–Crippen MR) is 145 cm³/mol. The number of nitriles is 1. The van der Waals surface area contributed by atoms with Gasteiger partial charge in [-0.05, 0) is 49.7 Å². The van der Waals surface area contributed by atoms with Crippen LogP contribution in [0.4, 0.5) is 19.3 Å². The third kappa shape index (κ3) is 5.20. The number of carbonyl (C=O) groups excluding carboxylic acids is 1. The zero-order chi connectivity index (χ0) is 28.5. The topological polar surface area (TPSA) is 93.4 Å². The SMILES string of the molecule is C=C(C)C[C@@H]1CN(C(=O)Nc2cccc(C(=O)O)c2)[C@H](c2cccc(Cl)c2F)[C@@]1(C#N)c1ccc(Cl)cc1F. The lowest BCUT2D eigenvalue weighted by Gasteiger charge is -2.36. The second kappa shape index (κ2) is 11.0. The van der Waals surface area contributed by atoms with Crippen LogP contribution in [0.3, 0.4) is 0 Å². The summed E-state index contributed by atoms with van der Waals surface area (Å²) in [5, 5.41) is 22.6. The fraction of sp³-hybridized carbons (Fsp3) is 0.207. The van der Waals surface area contributed by atoms with Gasteiger partial charge in [-0.25, -0.2) is 18.4 Å². The third-order valence-electron chi connectivity index (χ3n) is 6.86. The van der Waals surface area contributed by atoms with Crippen molar-refractivity contribution in [1.82, 2.24) is 4.90 Å². The zero-order valence-electron chi connectivity index (χ0n) is 20.7.